The number of rotatable bonds is 5. The van der Waals surface area contributed by atoms with E-state index in [1.807, 2.05) is 6.92 Å². The number of unbranched alkanes of at least 4 members (excludes halogenated alkanes) is 1. The molecule has 0 spiro atoms. The first-order valence-corrected chi connectivity index (χ1v) is 5.36. The smallest absolute Gasteiger partial charge is 0.159 e. The minimum Gasteiger partial charge on any atom is -0.370 e. The fourth-order valence-electron chi connectivity index (χ4n) is 1.51. The Morgan fingerprint density at radius 2 is 2.33 bits per heavy atom. The van der Waals surface area contributed by atoms with Crippen LogP contribution in [0.3, 0.4) is 0 Å². The van der Waals surface area contributed by atoms with Crippen molar-refractivity contribution in [1.82, 2.24) is 9.97 Å². The van der Waals surface area contributed by atoms with Gasteiger partial charge in [0.1, 0.15) is 6.33 Å². The summed E-state index contributed by atoms with van der Waals surface area (Å²) in [6.45, 7) is 4.06. The molecule has 1 heterocycles. The van der Waals surface area contributed by atoms with Crippen molar-refractivity contribution >= 4 is 0 Å². The summed E-state index contributed by atoms with van der Waals surface area (Å²) in [6.07, 6.45) is 6.05. The van der Waals surface area contributed by atoms with E-state index in [1.54, 1.807) is 12.3 Å². The van der Waals surface area contributed by atoms with Gasteiger partial charge in [0.05, 0.1) is 5.69 Å². The van der Waals surface area contributed by atoms with Crippen LogP contribution >= 0.6 is 0 Å². The maximum atomic E-state index is 10.2. The minimum atomic E-state index is -1.35. The lowest BCUT2D eigenvalue weighted by atomic mass is 9.90. The van der Waals surface area contributed by atoms with Crippen molar-refractivity contribution in [3.63, 3.8) is 0 Å². The number of aromatic nitrogens is 2. The maximum Gasteiger partial charge on any atom is 0.159 e. The molecule has 0 aromatic carbocycles. The standard InChI is InChI=1S/C11H19N3O/c1-3-4-5-9(2)11(12,15)10-6-7-13-8-14-10/h6-9,15H,3-5,12H2,1-2H3. The van der Waals surface area contributed by atoms with Crippen LogP contribution in [0, 0.1) is 5.92 Å². The molecule has 0 radical (unpaired) electrons. The zero-order chi connectivity index (χ0) is 11.3. The Morgan fingerprint density at radius 3 is 2.87 bits per heavy atom. The summed E-state index contributed by atoms with van der Waals surface area (Å²) in [5.74, 6) is -0.00708. The van der Waals surface area contributed by atoms with Crippen LogP contribution in [-0.4, -0.2) is 15.1 Å². The van der Waals surface area contributed by atoms with Gasteiger partial charge in [-0.05, 0) is 12.5 Å². The predicted molar refractivity (Wildman–Crippen MR) is 58.8 cm³/mol. The first-order chi connectivity index (χ1) is 7.09. The number of hydrogen-bond donors (Lipinski definition) is 2. The van der Waals surface area contributed by atoms with Gasteiger partial charge in [-0.2, -0.15) is 0 Å². The lowest BCUT2D eigenvalue weighted by Gasteiger charge is -2.29. The van der Waals surface area contributed by atoms with Gasteiger partial charge in [-0.15, -0.1) is 0 Å². The van der Waals surface area contributed by atoms with Crippen molar-refractivity contribution in [2.45, 2.75) is 38.8 Å². The molecule has 2 unspecified atom stereocenters. The number of nitrogens with zero attached hydrogens (tertiary/aromatic N) is 2. The molecule has 0 aliphatic rings. The first-order valence-electron chi connectivity index (χ1n) is 5.36. The van der Waals surface area contributed by atoms with Gasteiger partial charge < -0.3 is 5.11 Å². The van der Waals surface area contributed by atoms with Crippen LogP contribution in [-0.2, 0) is 5.72 Å². The van der Waals surface area contributed by atoms with Crippen molar-refractivity contribution < 1.29 is 5.11 Å². The van der Waals surface area contributed by atoms with Gasteiger partial charge in [-0.3, -0.25) is 5.73 Å². The fraction of sp³-hybridized carbons (Fsp3) is 0.636. The van der Waals surface area contributed by atoms with E-state index in [9.17, 15) is 5.11 Å². The highest BCUT2D eigenvalue weighted by Gasteiger charge is 2.31. The van der Waals surface area contributed by atoms with Crippen LogP contribution in [0.25, 0.3) is 0 Å². The molecule has 15 heavy (non-hydrogen) atoms. The number of hydrogen-bond acceptors (Lipinski definition) is 4. The highest BCUT2D eigenvalue weighted by molar-refractivity contribution is 5.09. The summed E-state index contributed by atoms with van der Waals surface area (Å²) < 4.78 is 0. The largest absolute Gasteiger partial charge is 0.370 e. The van der Waals surface area contributed by atoms with Crippen molar-refractivity contribution in [3.8, 4) is 0 Å². The van der Waals surface area contributed by atoms with Crippen molar-refractivity contribution in [3.05, 3.63) is 24.3 Å². The van der Waals surface area contributed by atoms with Gasteiger partial charge in [0, 0.05) is 12.1 Å². The molecule has 84 valence electrons. The summed E-state index contributed by atoms with van der Waals surface area (Å²) in [6, 6.07) is 1.66. The highest BCUT2D eigenvalue weighted by Crippen LogP contribution is 2.26. The predicted octanol–water partition coefficient (Wildman–Crippen LogP) is 1.41. The summed E-state index contributed by atoms with van der Waals surface area (Å²) in [5.41, 5.74) is 5.03. The number of nitrogens with two attached hydrogens (primary N) is 1. The average molecular weight is 209 g/mol. The van der Waals surface area contributed by atoms with Crippen LogP contribution in [0.15, 0.2) is 18.6 Å². The molecule has 0 amide bonds. The Kier molecular flexibility index (Phi) is 4.17. The van der Waals surface area contributed by atoms with E-state index >= 15 is 0 Å². The van der Waals surface area contributed by atoms with E-state index in [0.717, 1.165) is 19.3 Å². The molecule has 1 rings (SSSR count). The van der Waals surface area contributed by atoms with Crippen LogP contribution in [0.2, 0.25) is 0 Å². The third-order valence-corrected chi connectivity index (χ3v) is 2.73. The highest BCUT2D eigenvalue weighted by atomic mass is 16.3. The summed E-state index contributed by atoms with van der Waals surface area (Å²) in [7, 11) is 0. The molecule has 0 aliphatic heterocycles. The Morgan fingerprint density at radius 1 is 1.60 bits per heavy atom. The molecule has 0 saturated carbocycles. The first kappa shape index (κ1) is 12.1. The van der Waals surface area contributed by atoms with Gasteiger partial charge in [-0.1, -0.05) is 26.7 Å². The molecule has 0 fully saturated rings. The van der Waals surface area contributed by atoms with E-state index in [0.29, 0.717) is 5.69 Å². The fourth-order valence-corrected chi connectivity index (χ4v) is 1.51. The van der Waals surface area contributed by atoms with E-state index in [4.69, 9.17) is 5.73 Å². The second-order valence-electron chi connectivity index (χ2n) is 3.96. The molecule has 4 nitrogen and oxygen atoms in total. The zero-order valence-corrected chi connectivity index (χ0v) is 9.35. The average Bonchev–Trinajstić information content (AvgIpc) is 2.27. The second kappa shape index (κ2) is 5.19. The third kappa shape index (κ3) is 2.97. The summed E-state index contributed by atoms with van der Waals surface area (Å²) in [5, 5.41) is 10.2. The van der Waals surface area contributed by atoms with Gasteiger partial charge in [0.2, 0.25) is 0 Å². The Hall–Kier alpha value is -1.00. The normalized spacial score (nSPS) is 17.1. The molecule has 2 atom stereocenters. The van der Waals surface area contributed by atoms with Crippen LogP contribution < -0.4 is 5.73 Å². The quantitative estimate of drug-likeness (QED) is 0.719. The monoisotopic (exact) mass is 209 g/mol. The van der Waals surface area contributed by atoms with Gasteiger partial charge in [-0.25, -0.2) is 9.97 Å². The van der Waals surface area contributed by atoms with Gasteiger partial charge in [0.25, 0.3) is 0 Å². The lowest BCUT2D eigenvalue weighted by Crippen LogP contribution is -2.43. The molecule has 3 N–H and O–H groups in total. The third-order valence-electron chi connectivity index (χ3n) is 2.73. The lowest BCUT2D eigenvalue weighted by molar-refractivity contribution is -0.0194. The van der Waals surface area contributed by atoms with Crippen molar-refractivity contribution in [1.29, 1.82) is 0 Å². The summed E-state index contributed by atoms with van der Waals surface area (Å²) in [4.78, 5) is 7.80. The molecule has 0 saturated heterocycles. The van der Waals surface area contributed by atoms with Crippen LogP contribution in [0.1, 0.15) is 38.8 Å². The maximum absolute atomic E-state index is 10.2. The van der Waals surface area contributed by atoms with Crippen LogP contribution in [0.4, 0.5) is 0 Å². The van der Waals surface area contributed by atoms with E-state index in [2.05, 4.69) is 16.9 Å². The number of aliphatic hydroxyl groups is 1. The molecular weight excluding hydrogens is 190 g/mol. The van der Waals surface area contributed by atoms with Gasteiger partial charge in [0.15, 0.2) is 5.72 Å². The SMILES string of the molecule is CCCCC(C)C(N)(O)c1ccncn1. The molecular formula is C11H19N3O. The van der Waals surface area contributed by atoms with E-state index < -0.39 is 5.72 Å². The molecule has 4 heteroatoms. The molecule has 0 bridgehead atoms. The molecule has 1 aromatic heterocycles. The van der Waals surface area contributed by atoms with E-state index in [-0.39, 0.29) is 5.92 Å². The van der Waals surface area contributed by atoms with Crippen molar-refractivity contribution in [2.24, 2.45) is 11.7 Å². The van der Waals surface area contributed by atoms with E-state index in [1.165, 1.54) is 6.33 Å². The Balaban J connectivity index is 2.73. The second-order valence-corrected chi connectivity index (χ2v) is 3.96. The van der Waals surface area contributed by atoms with Crippen molar-refractivity contribution in [2.75, 3.05) is 0 Å². The topological polar surface area (TPSA) is 72.0 Å². The van der Waals surface area contributed by atoms with Gasteiger partial charge >= 0.3 is 0 Å². The molecule has 0 aliphatic carbocycles. The molecule has 1 aromatic rings. The van der Waals surface area contributed by atoms with Crippen LogP contribution in [0.5, 0.6) is 0 Å². The Bertz CT molecular complexity index is 287. The minimum absolute atomic E-state index is 0.00708. The summed E-state index contributed by atoms with van der Waals surface area (Å²) >= 11 is 0. The Labute approximate surface area is 90.6 Å². The zero-order valence-electron chi connectivity index (χ0n) is 9.35.